The number of aromatic nitrogens is 3. The maximum atomic E-state index is 12.8. The molecular formula is C18H20N4O4S. The standard InChI is InChI=1S/C18H20N4O4S/c1-4-26-18(23)16-11-15(12-21(16)3)27(24,25)20-17-10-13(2)19-22(17)14-8-6-5-7-9-14/h5-12,20H,4H2,1-3H3. The predicted molar refractivity (Wildman–Crippen MR) is 100 cm³/mol. The van der Waals surface area contributed by atoms with Crippen molar-refractivity contribution in [3.63, 3.8) is 0 Å². The van der Waals surface area contributed by atoms with Gasteiger partial charge in [0.05, 0.1) is 18.0 Å². The van der Waals surface area contributed by atoms with Crippen molar-refractivity contribution in [2.75, 3.05) is 11.3 Å². The summed E-state index contributed by atoms with van der Waals surface area (Å²) >= 11 is 0. The van der Waals surface area contributed by atoms with Crippen molar-refractivity contribution in [3.8, 4) is 5.69 Å². The number of nitrogens with one attached hydrogen (secondary N) is 1. The first-order valence-corrected chi connectivity index (χ1v) is 9.78. The third kappa shape index (κ3) is 3.87. The maximum Gasteiger partial charge on any atom is 0.354 e. The molecule has 9 heteroatoms. The summed E-state index contributed by atoms with van der Waals surface area (Å²) in [5, 5.41) is 4.34. The van der Waals surface area contributed by atoms with Crippen molar-refractivity contribution < 1.29 is 17.9 Å². The number of hydrogen-bond donors (Lipinski definition) is 1. The van der Waals surface area contributed by atoms with Gasteiger partial charge in [-0.1, -0.05) is 18.2 Å². The van der Waals surface area contributed by atoms with Crippen LogP contribution in [0.5, 0.6) is 0 Å². The number of nitrogens with zero attached hydrogens (tertiary/aromatic N) is 3. The predicted octanol–water partition coefficient (Wildman–Crippen LogP) is 2.50. The summed E-state index contributed by atoms with van der Waals surface area (Å²) in [6.45, 7) is 3.67. The van der Waals surface area contributed by atoms with Crippen LogP contribution in [0.2, 0.25) is 0 Å². The molecule has 0 spiro atoms. The summed E-state index contributed by atoms with van der Waals surface area (Å²) in [4.78, 5) is 11.9. The van der Waals surface area contributed by atoms with Crippen LogP contribution in [-0.2, 0) is 21.8 Å². The number of carbonyl (C=O) groups excluding carboxylic acids is 1. The molecule has 142 valence electrons. The van der Waals surface area contributed by atoms with E-state index in [4.69, 9.17) is 4.74 Å². The Kier molecular flexibility index (Phi) is 5.04. The van der Waals surface area contributed by atoms with Gasteiger partial charge in [0.1, 0.15) is 16.4 Å². The van der Waals surface area contributed by atoms with E-state index < -0.39 is 16.0 Å². The molecule has 0 saturated carbocycles. The Morgan fingerprint density at radius 3 is 2.59 bits per heavy atom. The molecule has 0 aliphatic carbocycles. The Balaban J connectivity index is 1.95. The molecule has 0 aliphatic rings. The number of rotatable bonds is 6. The third-order valence-electron chi connectivity index (χ3n) is 3.85. The Morgan fingerprint density at radius 1 is 1.22 bits per heavy atom. The highest BCUT2D eigenvalue weighted by molar-refractivity contribution is 7.92. The van der Waals surface area contributed by atoms with Crippen LogP contribution in [0.25, 0.3) is 5.69 Å². The van der Waals surface area contributed by atoms with Crippen LogP contribution in [0.3, 0.4) is 0 Å². The van der Waals surface area contributed by atoms with Crippen molar-refractivity contribution in [1.82, 2.24) is 14.3 Å². The molecule has 2 heterocycles. The van der Waals surface area contributed by atoms with Gasteiger partial charge in [-0.15, -0.1) is 0 Å². The highest BCUT2D eigenvalue weighted by Crippen LogP contribution is 2.22. The summed E-state index contributed by atoms with van der Waals surface area (Å²) in [5.74, 6) is -0.271. The largest absolute Gasteiger partial charge is 0.461 e. The molecule has 0 atom stereocenters. The molecule has 3 rings (SSSR count). The number of sulfonamides is 1. The fraction of sp³-hybridized carbons (Fsp3) is 0.222. The molecule has 0 unspecified atom stereocenters. The molecular weight excluding hydrogens is 368 g/mol. The van der Waals surface area contributed by atoms with E-state index in [2.05, 4.69) is 9.82 Å². The molecule has 27 heavy (non-hydrogen) atoms. The van der Waals surface area contributed by atoms with Gasteiger partial charge in [-0.2, -0.15) is 5.10 Å². The van der Waals surface area contributed by atoms with Crippen LogP contribution >= 0.6 is 0 Å². The monoisotopic (exact) mass is 388 g/mol. The zero-order valence-corrected chi connectivity index (χ0v) is 16.0. The van der Waals surface area contributed by atoms with Crippen LogP contribution in [0.15, 0.2) is 53.6 Å². The number of carbonyl (C=O) groups is 1. The van der Waals surface area contributed by atoms with Gasteiger partial charge in [-0.3, -0.25) is 4.72 Å². The number of esters is 1. The van der Waals surface area contributed by atoms with Gasteiger partial charge in [0.15, 0.2) is 0 Å². The summed E-state index contributed by atoms with van der Waals surface area (Å²) in [6, 6.07) is 12.1. The number of anilines is 1. The number of ether oxygens (including phenoxy) is 1. The van der Waals surface area contributed by atoms with Gasteiger partial charge >= 0.3 is 5.97 Å². The van der Waals surface area contributed by atoms with E-state index in [0.717, 1.165) is 5.69 Å². The zero-order chi connectivity index (χ0) is 19.6. The van der Waals surface area contributed by atoms with Gasteiger partial charge in [0.25, 0.3) is 10.0 Å². The number of benzene rings is 1. The minimum absolute atomic E-state index is 0.0356. The highest BCUT2D eigenvalue weighted by Gasteiger charge is 2.23. The van der Waals surface area contributed by atoms with Gasteiger partial charge in [0, 0.05) is 19.3 Å². The lowest BCUT2D eigenvalue weighted by Gasteiger charge is -2.09. The summed E-state index contributed by atoms with van der Waals surface area (Å²) in [5.41, 5.74) is 1.55. The van der Waals surface area contributed by atoms with Crippen LogP contribution in [0.4, 0.5) is 5.82 Å². The van der Waals surface area contributed by atoms with Crippen LogP contribution in [0, 0.1) is 6.92 Å². The quantitative estimate of drug-likeness (QED) is 0.655. The lowest BCUT2D eigenvalue weighted by atomic mass is 10.3. The molecule has 2 aromatic heterocycles. The Labute approximate surface area is 157 Å². The minimum atomic E-state index is -3.92. The maximum absolute atomic E-state index is 12.8. The van der Waals surface area contributed by atoms with Crippen molar-refractivity contribution in [2.45, 2.75) is 18.7 Å². The lowest BCUT2D eigenvalue weighted by molar-refractivity contribution is 0.0515. The first-order chi connectivity index (χ1) is 12.8. The van der Waals surface area contributed by atoms with Crippen molar-refractivity contribution in [1.29, 1.82) is 0 Å². The zero-order valence-electron chi connectivity index (χ0n) is 15.2. The number of hydrogen-bond acceptors (Lipinski definition) is 5. The highest BCUT2D eigenvalue weighted by atomic mass is 32.2. The van der Waals surface area contributed by atoms with E-state index in [-0.39, 0.29) is 17.2 Å². The van der Waals surface area contributed by atoms with E-state index in [1.807, 2.05) is 30.3 Å². The molecule has 8 nitrogen and oxygen atoms in total. The SMILES string of the molecule is CCOC(=O)c1cc(S(=O)(=O)Nc2cc(C)nn2-c2ccccc2)cn1C. The Hall–Kier alpha value is -3.07. The van der Waals surface area contributed by atoms with E-state index in [9.17, 15) is 13.2 Å². The molecule has 0 radical (unpaired) electrons. The smallest absolute Gasteiger partial charge is 0.354 e. The van der Waals surface area contributed by atoms with E-state index in [1.54, 1.807) is 27.0 Å². The normalized spacial score (nSPS) is 11.4. The topological polar surface area (TPSA) is 95.2 Å². The van der Waals surface area contributed by atoms with Gasteiger partial charge in [-0.05, 0) is 32.0 Å². The lowest BCUT2D eigenvalue weighted by Crippen LogP contribution is -2.15. The molecule has 1 aromatic carbocycles. The molecule has 0 bridgehead atoms. The van der Waals surface area contributed by atoms with Gasteiger partial charge in [0.2, 0.25) is 0 Å². The average Bonchev–Trinajstić information content (AvgIpc) is 3.19. The van der Waals surface area contributed by atoms with Gasteiger partial charge in [-0.25, -0.2) is 17.9 Å². The van der Waals surface area contributed by atoms with Crippen molar-refractivity contribution in [2.24, 2.45) is 7.05 Å². The van der Waals surface area contributed by atoms with Crippen LogP contribution < -0.4 is 4.72 Å². The summed E-state index contributed by atoms with van der Waals surface area (Å²) < 4.78 is 36.1. The van der Waals surface area contributed by atoms with Gasteiger partial charge < -0.3 is 9.30 Å². The van der Waals surface area contributed by atoms with E-state index in [1.165, 1.54) is 21.5 Å². The molecule has 3 aromatic rings. The Morgan fingerprint density at radius 2 is 1.93 bits per heavy atom. The Bertz CT molecular complexity index is 1070. The third-order valence-corrected chi connectivity index (χ3v) is 5.17. The molecule has 0 fully saturated rings. The fourth-order valence-corrected chi connectivity index (χ4v) is 3.73. The molecule has 1 N–H and O–H groups in total. The average molecular weight is 388 g/mol. The second kappa shape index (κ2) is 7.28. The van der Waals surface area contributed by atoms with Crippen LogP contribution in [0.1, 0.15) is 23.1 Å². The summed E-state index contributed by atoms with van der Waals surface area (Å²) in [7, 11) is -2.33. The van der Waals surface area contributed by atoms with E-state index >= 15 is 0 Å². The second-order valence-corrected chi connectivity index (χ2v) is 7.60. The van der Waals surface area contributed by atoms with E-state index in [0.29, 0.717) is 11.5 Å². The molecule has 0 aliphatic heterocycles. The fourth-order valence-electron chi connectivity index (χ4n) is 2.62. The minimum Gasteiger partial charge on any atom is -0.461 e. The number of aryl methyl sites for hydroxylation is 2. The van der Waals surface area contributed by atoms with Crippen molar-refractivity contribution in [3.05, 3.63) is 60.0 Å². The number of para-hydroxylation sites is 1. The van der Waals surface area contributed by atoms with Crippen LogP contribution in [-0.4, -0.2) is 35.3 Å². The molecule has 0 saturated heterocycles. The van der Waals surface area contributed by atoms with Crippen molar-refractivity contribution >= 4 is 21.8 Å². The second-order valence-electron chi connectivity index (χ2n) is 5.92. The first-order valence-electron chi connectivity index (χ1n) is 8.30. The summed E-state index contributed by atoms with van der Waals surface area (Å²) in [6.07, 6.45) is 1.37. The first kappa shape index (κ1) is 18.7. The molecule has 0 amide bonds.